The Kier molecular flexibility index (Phi) is 3.20. The highest BCUT2D eigenvalue weighted by molar-refractivity contribution is 5.61. The van der Waals surface area contributed by atoms with Crippen molar-refractivity contribution in [2.75, 3.05) is 7.11 Å². The summed E-state index contributed by atoms with van der Waals surface area (Å²) in [4.78, 5) is 11.3. The maximum atomic E-state index is 11.3. The van der Waals surface area contributed by atoms with Crippen molar-refractivity contribution >= 4 is 0 Å². The number of aromatic amines is 1. The second-order valence-corrected chi connectivity index (χ2v) is 3.50. The predicted molar refractivity (Wildman–Crippen MR) is 62.8 cm³/mol. The number of ether oxygens (including phenoxy) is 1. The molecule has 5 heteroatoms. The van der Waals surface area contributed by atoms with E-state index in [1.807, 2.05) is 24.3 Å². The zero-order valence-corrected chi connectivity index (χ0v) is 9.30. The van der Waals surface area contributed by atoms with Crippen molar-refractivity contribution < 1.29 is 9.84 Å². The third-order valence-corrected chi connectivity index (χ3v) is 2.42. The molecule has 1 heterocycles. The van der Waals surface area contributed by atoms with Gasteiger partial charge in [0.05, 0.1) is 19.4 Å². The van der Waals surface area contributed by atoms with Crippen LogP contribution in [-0.4, -0.2) is 22.4 Å². The molecule has 0 spiro atoms. The number of hydrogen-bond acceptors (Lipinski definition) is 4. The average molecular weight is 232 g/mol. The molecule has 0 radical (unpaired) electrons. The third kappa shape index (κ3) is 2.34. The molecule has 0 fully saturated rings. The lowest BCUT2D eigenvalue weighted by atomic mass is 10.1. The summed E-state index contributed by atoms with van der Waals surface area (Å²) in [6, 6.07) is 8.88. The van der Waals surface area contributed by atoms with E-state index in [9.17, 15) is 4.79 Å². The van der Waals surface area contributed by atoms with Crippen molar-refractivity contribution in [2.24, 2.45) is 0 Å². The fourth-order valence-electron chi connectivity index (χ4n) is 1.49. The van der Waals surface area contributed by atoms with Crippen molar-refractivity contribution in [1.82, 2.24) is 10.2 Å². The lowest BCUT2D eigenvalue weighted by Gasteiger charge is -2.04. The summed E-state index contributed by atoms with van der Waals surface area (Å²) in [6.45, 7) is -0.311. The first-order valence-corrected chi connectivity index (χ1v) is 5.08. The Labute approximate surface area is 97.7 Å². The van der Waals surface area contributed by atoms with E-state index in [1.54, 1.807) is 13.2 Å². The molecule has 0 amide bonds. The highest BCUT2D eigenvalue weighted by atomic mass is 16.5. The molecule has 0 bridgehead atoms. The van der Waals surface area contributed by atoms with Gasteiger partial charge in [-0.15, -0.1) is 0 Å². The van der Waals surface area contributed by atoms with E-state index in [1.165, 1.54) is 0 Å². The van der Waals surface area contributed by atoms with Crippen molar-refractivity contribution in [1.29, 1.82) is 0 Å². The minimum absolute atomic E-state index is 0.290. The van der Waals surface area contributed by atoms with Gasteiger partial charge in [0.2, 0.25) is 0 Å². The number of nitrogens with zero attached hydrogens (tertiary/aromatic N) is 1. The zero-order valence-electron chi connectivity index (χ0n) is 9.30. The minimum Gasteiger partial charge on any atom is -0.497 e. The average Bonchev–Trinajstić information content (AvgIpc) is 2.39. The molecular weight excluding hydrogens is 220 g/mol. The Hall–Kier alpha value is -2.14. The lowest BCUT2D eigenvalue weighted by Crippen LogP contribution is -2.14. The Morgan fingerprint density at radius 2 is 2.24 bits per heavy atom. The van der Waals surface area contributed by atoms with Crippen LogP contribution in [-0.2, 0) is 6.61 Å². The van der Waals surface area contributed by atoms with Crippen molar-refractivity contribution in [3.8, 4) is 17.0 Å². The van der Waals surface area contributed by atoms with E-state index in [0.29, 0.717) is 11.4 Å². The van der Waals surface area contributed by atoms with Gasteiger partial charge in [-0.1, -0.05) is 12.1 Å². The zero-order chi connectivity index (χ0) is 12.3. The molecule has 5 nitrogen and oxygen atoms in total. The molecule has 17 heavy (non-hydrogen) atoms. The van der Waals surface area contributed by atoms with Gasteiger partial charge in [-0.2, -0.15) is 5.10 Å². The summed E-state index contributed by atoms with van der Waals surface area (Å²) >= 11 is 0. The van der Waals surface area contributed by atoms with Gasteiger partial charge >= 0.3 is 0 Å². The monoisotopic (exact) mass is 232 g/mol. The molecule has 2 aromatic rings. The Bertz CT molecular complexity index is 578. The molecule has 2 rings (SSSR count). The smallest absolute Gasteiger partial charge is 0.269 e. The van der Waals surface area contributed by atoms with Crippen LogP contribution in [0.1, 0.15) is 5.56 Å². The maximum Gasteiger partial charge on any atom is 0.269 e. The molecule has 0 aliphatic rings. The SMILES string of the molecule is COc1cccc(-c2cc(CO)c(=O)[nH]n2)c1. The Morgan fingerprint density at radius 3 is 2.94 bits per heavy atom. The largest absolute Gasteiger partial charge is 0.497 e. The summed E-state index contributed by atoms with van der Waals surface area (Å²) in [5.41, 5.74) is 1.32. The quantitative estimate of drug-likeness (QED) is 0.825. The summed E-state index contributed by atoms with van der Waals surface area (Å²) in [5.74, 6) is 0.709. The van der Waals surface area contributed by atoms with Gasteiger partial charge in [0.25, 0.3) is 5.56 Å². The summed E-state index contributed by atoms with van der Waals surface area (Å²) < 4.78 is 5.11. The van der Waals surface area contributed by atoms with Crippen LogP contribution in [0.15, 0.2) is 35.1 Å². The van der Waals surface area contributed by atoms with E-state index < -0.39 is 0 Å². The van der Waals surface area contributed by atoms with Gasteiger partial charge in [0.15, 0.2) is 0 Å². The highest BCUT2D eigenvalue weighted by Gasteiger charge is 2.05. The predicted octanol–water partition coefficient (Wildman–Crippen LogP) is 0.938. The molecule has 0 aliphatic carbocycles. The standard InChI is InChI=1S/C12H12N2O3/c1-17-10-4-2-3-8(5-10)11-6-9(7-15)12(16)14-13-11/h2-6,15H,7H2,1H3,(H,14,16). The Morgan fingerprint density at radius 1 is 1.41 bits per heavy atom. The number of benzene rings is 1. The summed E-state index contributed by atoms with van der Waals surface area (Å²) in [7, 11) is 1.58. The number of hydrogen-bond donors (Lipinski definition) is 2. The normalized spacial score (nSPS) is 10.2. The second-order valence-electron chi connectivity index (χ2n) is 3.50. The molecule has 0 aliphatic heterocycles. The molecule has 0 saturated carbocycles. The molecule has 0 saturated heterocycles. The summed E-state index contributed by atoms with van der Waals surface area (Å²) in [5, 5.41) is 15.3. The molecular formula is C12H12N2O3. The number of H-pyrrole nitrogens is 1. The van der Waals surface area contributed by atoms with Crippen LogP contribution < -0.4 is 10.3 Å². The van der Waals surface area contributed by atoms with Crippen LogP contribution in [0.5, 0.6) is 5.75 Å². The third-order valence-electron chi connectivity index (χ3n) is 2.42. The van der Waals surface area contributed by atoms with Crippen molar-refractivity contribution in [2.45, 2.75) is 6.61 Å². The van der Waals surface area contributed by atoms with Crippen molar-refractivity contribution in [3.63, 3.8) is 0 Å². The van der Waals surface area contributed by atoms with Gasteiger partial charge in [-0.25, -0.2) is 5.10 Å². The van der Waals surface area contributed by atoms with Crippen LogP contribution in [0.25, 0.3) is 11.3 Å². The molecule has 2 N–H and O–H groups in total. The van der Waals surface area contributed by atoms with E-state index in [-0.39, 0.29) is 17.7 Å². The van der Waals surface area contributed by atoms with E-state index in [2.05, 4.69) is 10.2 Å². The molecule has 88 valence electrons. The summed E-state index contributed by atoms with van der Waals surface area (Å²) in [6.07, 6.45) is 0. The first-order valence-electron chi connectivity index (χ1n) is 5.08. The van der Waals surface area contributed by atoms with E-state index >= 15 is 0 Å². The van der Waals surface area contributed by atoms with Crippen LogP contribution in [0.3, 0.4) is 0 Å². The first-order chi connectivity index (χ1) is 8.24. The minimum atomic E-state index is -0.376. The van der Waals surface area contributed by atoms with Crippen molar-refractivity contribution in [3.05, 3.63) is 46.2 Å². The van der Waals surface area contributed by atoms with Gasteiger partial charge in [-0.3, -0.25) is 4.79 Å². The van der Waals surface area contributed by atoms with Crippen LogP contribution >= 0.6 is 0 Å². The lowest BCUT2D eigenvalue weighted by molar-refractivity contribution is 0.280. The first kappa shape index (κ1) is 11.3. The number of aromatic nitrogens is 2. The molecule has 1 aromatic carbocycles. The second kappa shape index (κ2) is 4.80. The van der Waals surface area contributed by atoms with Gasteiger partial charge in [0.1, 0.15) is 5.75 Å². The number of aliphatic hydroxyl groups excluding tert-OH is 1. The van der Waals surface area contributed by atoms with Crippen LogP contribution in [0, 0.1) is 0 Å². The van der Waals surface area contributed by atoms with Crippen LogP contribution in [0.4, 0.5) is 0 Å². The highest BCUT2D eigenvalue weighted by Crippen LogP contribution is 2.21. The van der Waals surface area contributed by atoms with E-state index in [0.717, 1.165) is 5.56 Å². The fraction of sp³-hybridized carbons (Fsp3) is 0.167. The number of nitrogens with one attached hydrogen (secondary N) is 1. The fourth-order valence-corrected chi connectivity index (χ4v) is 1.49. The number of aliphatic hydroxyl groups is 1. The van der Waals surface area contributed by atoms with Gasteiger partial charge in [-0.05, 0) is 18.2 Å². The van der Waals surface area contributed by atoms with E-state index in [4.69, 9.17) is 9.84 Å². The molecule has 1 aromatic heterocycles. The van der Waals surface area contributed by atoms with Gasteiger partial charge < -0.3 is 9.84 Å². The van der Waals surface area contributed by atoms with Gasteiger partial charge in [0, 0.05) is 11.1 Å². The molecule has 0 unspecified atom stereocenters. The molecule has 0 atom stereocenters. The maximum absolute atomic E-state index is 11.3. The number of methoxy groups -OCH3 is 1. The van der Waals surface area contributed by atoms with Crippen LogP contribution in [0.2, 0.25) is 0 Å². The topological polar surface area (TPSA) is 75.2 Å². The Balaban J connectivity index is 2.48. The number of rotatable bonds is 3.